The van der Waals surface area contributed by atoms with Crippen LogP contribution in [0.15, 0.2) is 42.5 Å². The Morgan fingerprint density at radius 3 is 2.62 bits per heavy atom. The fourth-order valence-electron chi connectivity index (χ4n) is 3.57. The summed E-state index contributed by atoms with van der Waals surface area (Å²) in [5, 5.41) is 16.6. The van der Waals surface area contributed by atoms with E-state index in [0.29, 0.717) is 17.0 Å². The van der Waals surface area contributed by atoms with Gasteiger partial charge in [-0.2, -0.15) is 0 Å². The summed E-state index contributed by atoms with van der Waals surface area (Å²) in [6.45, 7) is 3.65. The average molecular weight is 438 g/mol. The number of carbonyl (C=O) groups is 3. The van der Waals surface area contributed by atoms with E-state index in [1.165, 1.54) is 4.90 Å². The lowest BCUT2D eigenvalue weighted by molar-refractivity contribution is -0.137. The molecule has 9 nitrogen and oxygen atoms in total. The van der Waals surface area contributed by atoms with E-state index in [1.54, 1.807) is 41.3 Å². The lowest BCUT2D eigenvalue weighted by Crippen LogP contribution is -2.42. The number of nitrogens with one attached hydrogen (secondary N) is 1. The topological polar surface area (TPSA) is 137 Å². The first kappa shape index (κ1) is 22.8. The molecule has 4 N–H and O–H groups in total. The quantitative estimate of drug-likeness (QED) is 0.427. The minimum absolute atomic E-state index is 0.0395. The first-order valence-electron chi connectivity index (χ1n) is 10.2. The summed E-state index contributed by atoms with van der Waals surface area (Å²) in [5.41, 5.74) is 7.68. The second-order valence-electron chi connectivity index (χ2n) is 7.81. The lowest BCUT2D eigenvalue weighted by atomic mass is 10.1. The van der Waals surface area contributed by atoms with Gasteiger partial charge >= 0.3 is 5.97 Å². The van der Waals surface area contributed by atoms with Gasteiger partial charge < -0.3 is 25.4 Å². The molecule has 0 saturated carbocycles. The van der Waals surface area contributed by atoms with E-state index in [4.69, 9.17) is 21.0 Å². The molecular weight excluding hydrogens is 412 g/mol. The van der Waals surface area contributed by atoms with Gasteiger partial charge in [-0.05, 0) is 43.7 Å². The molecule has 0 spiro atoms. The number of carboxylic acid groups (broad SMARTS) is 1. The molecule has 2 aromatic carbocycles. The number of hydrogen-bond acceptors (Lipinski definition) is 5. The van der Waals surface area contributed by atoms with Crippen LogP contribution in [-0.2, 0) is 16.2 Å². The molecule has 0 aliphatic carbocycles. The molecule has 2 aromatic rings. The normalized spacial score (nSPS) is 13.7. The van der Waals surface area contributed by atoms with Gasteiger partial charge in [0.25, 0.3) is 5.91 Å². The van der Waals surface area contributed by atoms with Gasteiger partial charge in [-0.1, -0.05) is 18.2 Å². The predicted octanol–water partition coefficient (Wildman–Crippen LogP) is 2.22. The van der Waals surface area contributed by atoms with Gasteiger partial charge in [0.1, 0.15) is 24.7 Å². The highest BCUT2D eigenvalue weighted by Crippen LogP contribution is 2.31. The summed E-state index contributed by atoms with van der Waals surface area (Å²) in [5.74, 6) is -1.33. The number of carboxylic acids is 1. The van der Waals surface area contributed by atoms with Crippen LogP contribution in [0.5, 0.6) is 5.75 Å². The fraction of sp³-hybridized carbons (Fsp3) is 0.304. The van der Waals surface area contributed by atoms with Crippen LogP contribution >= 0.6 is 0 Å². The van der Waals surface area contributed by atoms with Crippen molar-refractivity contribution in [2.24, 2.45) is 5.73 Å². The average Bonchev–Trinajstić information content (AvgIpc) is 2.85. The van der Waals surface area contributed by atoms with Crippen molar-refractivity contribution in [3.8, 4) is 5.75 Å². The van der Waals surface area contributed by atoms with Crippen LogP contribution in [0.25, 0.3) is 0 Å². The third-order valence-electron chi connectivity index (χ3n) is 5.10. The molecule has 0 atom stereocenters. The SMILES string of the molecule is CC(C)N1C(=O)CN(CCC(=O)O)C(=O)c2cc(OCc3cccc(C(=N)N)c3)ccc21. The number of benzene rings is 2. The fourth-order valence-corrected chi connectivity index (χ4v) is 3.57. The Balaban J connectivity index is 1.90. The Morgan fingerprint density at radius 1 is 1.22 bits per heavy atom. The van der Waals surface area contributed by atoms with Crippen molar-refractivity contribution in [2.45, 2.75) is 32.9 Å². The van der Waals surface area contributed by atoms with Crippen LogP contribution in [0.3, 0.4) is 0 Å². The van der Waals surface area contributed by atoms with Crippen LogP contribution in [0.2, 0.25) is 0 Å². The zero-order valence-electron chi connectivity index (χ0n) is 18.0. The Kier molecular flexibility index (Phi) is 6.77. The number of amidine groups is 1. The number of ether oxygens (including phenoxy) is 1. The molecule has 2 amide bonds. The van der Waals surface area contributed by atoms with Gasteiger partial charge in [-0.15, -0.1) is 0 Å². The van der Waals surface area contributed by atoms with Crippen LogP contribution in [0.4, 0.5) is 5.69 Å². The minimum atomic E-state index is -1.04. The molecule has 168 valence electrons. The maximum absolute atomic E-state index is 13.2. The summed E-state index contributed by atoms with van der Waals surface area (Å²) in [7, 11) is 0. The van der Waals surface area contributed by atoms with Crippen molar-refractivity contribution in [3.05, 3.63) is 59.2 Å². The van der Waals surface area contributed by atoms with Gasteiger partial charge in [-0.25, -0.2) is 0 Å². The smallest absolute Gasteiger partial charge is 0.305 e. The zero-order valence-corrected chi connectivity index (χ0v) is 18.0. The Bertz CT molecular complexity index is 1070. The largest absolute Gasteiger partial charge is 0.489 e. The molecule has 1 heterocycles. The minimum Gasteiger partial charge on any atom is -0.489 e. The van der Waals surface area contributed by atoms with E-state index in [9.17, 15) is 14.4 Å². The van der Waals surface area contributed by atoms with Crippen LogP contribution in [0, 0.1) is 5.41 Å². The van der Waals surface area contributed by atoms with E-state index in [1.807, 2.05) is 19.9 Å². The van der Waals surface area contributed by atoms with E-state index >= 15 is 0 Å². The highest BCUT2D eigenvalue weighted by atomic mass is 16.5. The third-order valence-corrected chi connectivity index (χ3v) is 5.10. The number of anilines is 1. The molecule has 3 rings (SSSR count). The molecule has 0 unspecified atom stereocenters. The summed E-state index contributed by atoms with van der Waals surface area (Å²) >= 11 is 0. The van der Waals surface area contributed by atoms with Gasteiger partial charge in [0.05, 0.1) is 17.7 Å². The van der Waals surface area contributed by atoms with E-state index in [0.717, 1.165) is 5.56 Å². The van der Waals surface area contributed by atoms with E-state index < -0.39 is 11.9 Å². The first-order valence-corrected chi connectivity index (χ1v) is 10.2. The Morgan fingerprint density at radius 2 is 1.97 bits per heavy atom. The summed E-state index contributed by atoms with van der Waals surface area (Å²) in [4.78, 5) is 39.8. The number of aliphatic carboxylic acids is 1. The summed E-state index contributed by atoms with van der Waals surface area (Å²) < 4.78 is 5.86. The highest BCUT2D eigenvalue weighted by Gasteiger charge is 2.33. The first-order chi connectivity index (χ1) is 15.2. The van der Waals surface area contributed by atoms with Gasteiger partial charge in [0.2, 0.25) is 5.91 Å². The number of carbonyl (C=O) groups excluding carboxylic acids is 2. The maximum atomic E-state index is 13.2. The standard InChI is InChI=1S/C23H26N4O5/c1-14(2)27-19-7-6-17(32-13-15-4-3-5-16(10-15)22(24)25)11-18(19)23(31)26(12-20(27)28)9-8-21(29)30/h3-7,10-11,14H,8-9,12-13H2,1-2H3,(H3,24,25)(H,29,30). The summed E-state index contributed by atoms with van der Waals surface area (Å²) in [6, 6.07) is 11.9. The molecular formula is C23H26N4O5. The van der Waals surface area contributed by atoms with Crippen LogP contribution in [0.1, 0.15) is 41.8 Å². The zero-order chi connectivity index (χ0) is 23.4. The molecule has 9 heteroatoms. The molecule has 1 aliphatic heterocycles. The predicted molar refractivity (Wildman–Crippen MR) is 119 cm³/mol. The van der Waals surface area contributed by atoms with E-state index in [-0.39, 0.29) is 49.5 Å². The van der Waals surface area contributed by atoms with Gasteiger partial charge in [-0.3, -0.25) is 19.8 Å². The number of nitrogen functional groups attached to an aromatic ring is 1. The maximum Gasteiger partial charge on any atom is 0.305 e. The van der Waals surface area contributed by atoms with Crippen molar-refractivity contribution < 1.29 is 24.2 Å². The van der Waals surface area contributed by atoms with Gasteiger partial charge in [0.15, 0.2) is 0 Å². The van der Waals surface area contributed by atoms with Crippen molar-refractivity contribution in [1.82, 2.24) is 4.90 Å². The van der Waals surface area contributed by atoms with Crippen molar-refractivity contribution in [1.29, 1.82) is 5.41 Å². The molecule has 0 bridgehead atoms. The second kappa shape index (κ2) is 9.51. The molecule has 1 aliphatic rings. The number of hydrogen-bond donors (Lipinski definition) is 3. The summed E-state index contributed by atoms with van der Waals surface area (Å²) in [6.07, 6.45) is -0.251. The van der Waals surface area contributed by atoms with Crippen molar-refractivity contribution in [3.63, 3.8) is 0 Å². The van der Waals surface area contributed by atoms with Crippen molar-refractivity contribution >= 4 is 29.3 Å². The Labute approximate surface area is 185 Å². The third kappa shape index (κ3) is 5.05. The number of fused-ring (bicyclic) bond motifs is 1. The molecule has 0 saturated heterocycles. The monoisotopic (exact) mass is 438 g/mol. The second-order valence-corrected chi connectivity index (χ2v) is 7.81. The number of amides is 2. The molecule has 0 fully saturated rings. The molecule has 32 heavy (non-hydrogen) atoms. The number of nitrogens with zero attached hydrogens (tertiary/aromatic N) is 2. The highest BCUT2D eigenvalue weighted by molar-refractivity contribution is 6.10. The van der Waals surface area contributed by atoms with Crippen molar-refractivity contribution in [2.75, 3.05) is 18.0 Å². The number of nitrogens with two attached hydrogens (primary N) is 1. The number of rotatable bonds is 8. The van der Waals surface area contributed by atoms with Crippen LogP contribution in [-0.4, -0.2) is 52.8 Å². The van der Waals surface area contributed by atoms with Crippen LogP contribution < -0.4 is 15.4 Å². The van der Waals surface area contributed by atoms with Gasteiger partial charge in [0, 0.05) is 18.2 Å². The Hall–Kier alpha value is -3.88. The van der Waals surface area contributed by atoms with E-state index in [2.05, 4.69) is 0 Å². The molecule has 0 aromatic heterocycles. The molecule has 0 radical (unpaired) electrons. The lowest BCUT2D eigenvalue weighted by Gasteiger charge is -2.26.